The fourth-order valence-corrected chi connectivity index (χ4v) is 1.19. The highest BCUT2D eigenvalue weighted by atomic mass is 32.1. The molecule has 1 heterocycles. The van der Waals surface area contributed by atoms with E-state index in [2.05, 4.69) is 0 Å². The number of pyridine rings is 1. The minimum absolute atomic E-state index is 0.194. The smallest absolute Gasteiger partial charge is 0.157 e. The van der Waals surface area contributed by atoms with Gasteiger partial charge in [0.1, 0.15) is 4.64 Å². The summed E-state index contributed by atoms with van der Waals surface area (Å²) in [6, 6.07) is 5.58. The van der Waals surface area contributed by atoms with Crippen LogP contribution in [0.5, 0.6) is 0 Å². The van der Waals surface area contributed by atoms with Gasteiger partial charge in [-0.1, -0.05) is 39.1 Å². The second kappa shape index (κ2) is 4.05. The lowest BCUT2D eigenvalue weighted by molar-refractivity contribution is -0.126. The Kier molecular flexibility index (Phi) is 3.21. The van der Waals surface area contributed by atoms with Crippen LogP contribution in [0.3, 0.4) is 0 Å². The molecule has 0 saturated carbocycles. The largest absolute Gasteiger partial charge is 0.332 e. The van der Waals surface area contributed by atoms with E-state index in [-0.39, 0.29) is 11.2 Å². The second-order valence-electron chi connectivity index (χ2n) is 4.34. The lowest BCUT2D eigenvalue weighted by atomic mass is 9.91. The van der Waals surface area contributed by atoms with Crippen molar-refractivity contribution >= 4 is 18.0 Å². The van der Waals surface area contributed by atoms with Gasteiger partial charge >= 0.3 is 0 Å². The van der Waals surface area contributed by atoms with E-state index in [0.29, 0.717) is 11.2 Å². The van der Waals surface area contributed by atoms with Gasteiger partial charge in [-0.15, -0.1) is 0 Å². The Balaban J connectivity index is 2.86. The van der Waals surface area contributed by atoms with Crippen LogP contribution >= 0.6 is 12.2 Å². The van der Waals surface area contributed by atoms with Crippen molar-refractivity contribution in [3.8, 4) is 0 Å². The molecule has 1 rings (SSSR count). The van der Waals surface area contributed by atoms with Gasteiger partial charge in [0.15, 0.2) is 5.78 Å². The van der Waals surface area contributed by atoms with Gasteiger partial charge in [0.25, 0.3) is 0 Å². The molecule has 0 amide bonds. The highest BCUT2D eigenvalue weighted by Gasteiger charge is 2.20. The fourth-order valence-electron chi connectivity index (χ4n) is 0.983. The van der Waals surface area contributed by atoms with E-state index in [1.165, 1.54) is 0 Å². The van der Waals surface area contributed by atoms with Gasteiger partial charge < -0.3 is 4.57 Å². The molecular weight excluding hydrogens is 194 g/mol. The van der Waals surface area contributed by atoms with Crippen LogP contribution in [-0.2, 0) is 11.3 Å². The van der Waals surface area contributed by atoms with E-state index in [9.17, 15) is 4.79 Å². The van der Waals surface area contributed by atoms with Gasteiger partial charge in [-0.3, -0.25) is 4.79 Å². The normalized spacial score (nSPS) is 11.4. The van der Waals surface area contributed by atoms with E-state index in [1.54, 1.807) is 4.57 Å². The molecule has 0 N–H and O–H groups in total. The molecule has 0 aromatic carbocycles. The Hall–Kier alpha value is -0.960. The van der Waals surface area contributed by atoms with Crippen LogP contribution in [0.15, 0.2) is 24.4 Å². The Morgan fingerprint density at radius 1 is 1.43 bits per heavy atom. The summed E-state index contributed by atoms with van der Waals surface area (Å²) >= 11 is 5.10. The number of aromatic nitrogens is 1. The summed E-state index contributed by atoms with van der Waals surface area (Å²) in [5, 5.41) is 0. The first-order valence-corrected chi connectivity index (χ1v) is 5.01. The Labute approximate surface area is 89.6 Å². The summed E-state index contributed by atoms with van der Waals surface area (Å²) in [7, 11) is 0. The molecule has 0 atom stereocenters. The molecule has 0 saturated heterocycles. The number of carbonyl (C=O) groups is 1. The number of carbonyl (C=O) groups excluding carboxylic acids is 1. The number of Topliss-reactive ketones (excluding diaryl/α,β-unsaturated/α-hetero) is 1. The molecule has 0 unspecified atom stereocenters. The third-order valence-corrected chi connectivity index (χ3v) is 2.42. The third kappa shape index (κ3) is 2.77. The molecule has 0 fully saturated rings. The Morgan fingerprint density at radius 2 is 2.07 bits per heavy atom. The maximum absolute atomic E-state index is 11.7. The summed E-state index contributed by atoms with van der Waals surface area (Å²) in [5.74, 6) is 0.194. The van der Waals surface area contributed by atoms with Crippen LogP contribution in [0, 0.1) is 10.1 Å². The first kappa shape index (κ1) is 11.1. The highest BCUT2D eigenvalue weighted by Crippen LogP contribution is 2.15. The van der Waals surface area contributed by atoms with Crippen molar-refractivity contribution in [2.45, 2.75) is 27.3 Å². The molecule has 0 radical (unpaired) electrons. The van der Waals surface area contributed by atoms with Crippen LogP contribution in [-0.4, -0.2) is 10.4 Å². The fraction of sp³-hybridized carbons (Fsp3) is 0.455. The van der Waals surface area contributed by atoms with E-state index in [4.69, 9.17) is 12.2 Å². The van der Waals surface area contributed by atoms with Gasteiger partial charge in [0, 0.05) is 11.6 Å². The molecule has 0 aliphatic heterocycles. The van der Waals surface area contributed by atoms with Crippen molar-refractivity contribution in [1.29, 1.82) is 0 Å². The average Bonchev–Trinajstić information content (AvgIpc) is 2.07. The van der Waals surface area contributed by atoms with Crippen molar-refractivity contribution in [2.24, 2.45) is 5.41 Å². The van der Waals surface area contributed by atoms with Gasteiger partial charge in [-0.05, 0) is 12.1 Å². The van der Waals surface area contributed by atoms with Crippen LogP contribution < -0.4 is 0 Å². The number of nitrogens with zero attached hydrogens (tertiary/aromatic N) is 1. The molecule has 1 aromatic rings. The van der Waals surface area contributed by atoms with Crippen molar-refractivity contribution in [1.82, 2.24) is 4.57 Å². The standard InChI is InChI=1S/C11H15NOS/c1-11(2,3)9(13)8-12-7-5-4-6-10(12)14/h4-7H,8H2,1-3H3. The summed E-state index contributed by atoms with van der Waals surface area (Å²) in [4.78, 5) is 11.7. The Bertz CT molecular complexity index is 387. The van der Waals surface area contributed by atoms with Crippen molar-refractivity contribution in [3.05, 3.63) is 29.0 Å². The molecule has 0 aliphatic carbocycles. The minimum atomic E-state index is -0.301. The van der Waals surface area contributed by atoms with Gasteiger partial charge in [-0.2, -0.15) is 0 Å². The Morgan fingerprint density at radius 3 is 2.57 bits per heavy atom. The summed E-state index contributed by atoms with van der Waals surface area (Å²) in [6.07, 6.45) is 1.84. The molecule has 3 heteroatoms. The molecule has 76 valence electrons. The third-order valence-electron chi connectivity index (χ3n) is 2.05. The zero-order chi connectivity index (χ0) is 10.8. The summed E-state index contributed by atoms with van der Waals surface area (Å²) in [5.41, 5.74) is -0.301. The topological polar surface area (TPSA) is 22.0 Å². The predicted molar refractivity (Wildman–Crippen MR) is 59.7 cm³/mol. The van der Waals surface area contributed by atoms with Crippen molar-refractivity contribution < 1.29 is 4.79 Å². The van der Waals surface area contributed by atoms with Gasteiger partial charge in [0.05, 0.1) is 6.54 Å². The molecule has 0 aliphatic rings. The van der Waals surface area contributed by atoms with Crippen molar-refractivity contribution in [2.75, 3.05) is 0 Å². The zero-order valence-electron chi connectivity index (χ0n) is 8.78. The molecule has 14 heavy (non-hydrogen) atoms. The minimum Gasteiger partial charge on any atom is -0.332 e. The van der Waals surface area contributed by atoms with Crippen LogP contribution in [0.4, 0.5) is 0 Å². The number of rotatable bonds is 2. The summed E-state index contributed by atoms with van der Waals surface area (Å²) < 4.78 is 2.49. The average molecular weight is 209 g/mol. The zero-order valence-corrected chi connectivity index (χ0v) is 9.60. The quantitative estimate of drug-likeness (QED) is 0.699. The SMILES string of the molecule is CC(C)(C)C(=O)Cn1ccccc1=S. The van der Waals surface area contributed by atoms with Crippen LogP contribution in [0.1, 0.15) is 20.8 Å². The first-order valence-electron chi connectivity index (χ1n) is 4.60. The van der Waals surface area contributed by atoms with Crippen LogP contribution in [0.25, 0.3) is 0 Å². The number of ketones is 1. The van der Waals surface area contributed by atoms with Gasteiger partial charge in [0.2, 0.25) is 0 Å². The van der Waals surface area contributed by atoms with E-state index in [1.807, 2.05) is 45.2 Å². The molecule has 1 aromatic heterocycles. The number of hydrogen-bond acceptors (Lipinski definition) is 2. The summed E-state index contributed by atoms with van der Waals surface area (Å²) in [6.45, 7) is 6.12. The lowest BCUT2D eigenvalue weighted by Gasteiger charge is -2.17. The van der Waals surface area contributed by atoms with E-state index >= 15 is 0 Å². The van der Waals surface area contributed by atoms with Crippen LogP contribution in [0.2, 0.25) is 0 Å². The predicted octanol–water partition coefficient (Wildman–Crippen LogP) is 2.83. The van der Waals surface area contributed by atoms with Gasteiger partial charge in [-0.25, -0.2) is 0 Å². The highest BCUT2D eigenvalue weighted by molar-refractivity contribution is 7.71. The van der Waals surface area contributed by atoms with E-state index < -0.39 is 0 Å². The molecule has 2 nitrogen and oxygen atoms in total. The van der Waals surface area contributed by atoms with Crippen molar-refractivity contribution in [3.63, 3.8) is 0 Å². The maximum atomic E-state index is 11.7. The maximum Gasteiger partial charge on any atom is 0.157 e. The molecule has 0 bridgehead atoms. The molecule has 0 spiro atoms. The second-order valence-corrected chi connectivity index (χ2v) is 4.76. The molecular formula is C11H15NOS. The first-order chi connectivity index (χ1) is 6.41. The van der Waals surface area contributed by atoms with E-state index in [0.717, 1.165) is 0 Å². The lowest BCUT2D eigenvalue weighted by Crippen LogP contribution is -2.25. The monoisotopic (exact) mass is 209 g/mol. The number of hydrogen-bond donors (Lipinski definition) is 0.